The van der Waals surface area contributed by atoms with Gasteiger partial charge >= 0.3 is 0 Å². The Labute approximate surface area is 143 Å². The molecule has 1 N–H and O–H groups in total. The average Bonchev–Trinajstić information content (AvgIpc) is 2.54. The Kier molecular flexibility index (Phi) is 8.83. The molecule has 1 aromatic rings. The quantitative estimate of drug-likeness (QED) is 0.523. The lowest BCUT2D eigenvalue weighted by Crippen LogP contribution is -2.40. The van der Waals surface area contributed by atoms with E-state index in [4.69, 9.17) is 9.57 Å². The maximum atomic E-state index is 12.9. The summed E-state index contributed by atoms with van der Waals surface area (Å²) in [5, 5.41) is 6.71. The summed E-state index contributed by atoms with van der Waals surface area (Å²) in [6.07, 6.45) is 1.64. The molecule has 0 aliphatic carbocycles. The fourth-order valence-electron chi connectivity index (χ4n) is 1.94. The summed E-state index contributed by atoms with van der Waals surface area (Å²) >= 11 is 0. The molecule has 1 amide bonds. The second-order valence-corrected chi connectivity index (χ2v) is 5.90. The molecule has 0 aliphatic rings. The Bertz CT molecular complexity index is 528. The van der Waals surface area contributed by atoms with Crippen LogP contribution in [0.25, 0.3) is 0 Å². The van der Waals surface area contributed by atoms with Crippen molar-refractivity contribution in [2.45, 2.75) is 59.2 Å². The summed E-state index contributed by atoms with van der Waals surface area (Å²) in [7, 11) is 0. The van der Waals surface area contributed by atoms with Crippen molar-refractivity contribution in [3.05, 3.63) is 30.1 Å². The Hall–Kier alpha value is -2.11. The highest BCUT2D eigenvalue weighted by Gasteiger charge is 2.20. The van der Waals surface area contributed by atoms with Crippen molar-refractivity contribution < 1.29 is 18.8 Å². The molecule has 134 valence electrons. The highest BCUT2D eigenvalue weighted by molar-refractivity contribution is 5.81. The molecule has 1 aromatic carbocycles. The van der Waals surface area contributed by atoms with Gasteiger partial charge in [-0.05, 0) is 57.9 Å². The third-order valence-electron chi connectivity index (χ3n) is 3.19. The van der Waals surface area contributed by atoms with E-state index in [1.165, 1.54) is 12.1 Å². The van der Waals surface area contributed by atoms with Gasteiger partial charge in [0.15, 0.2) is 0 Å². The lowest BCUT2D eigenvalue weighted by atomic mass is 10.1. The van der Waals surface area contributed by atoms with Gasteiger partial charge in [-0.2, -0.15) is 0 Å². The van der Waals surface area contributed by atoms with Crippen LogP contribution in [0.5, 0.6) is 5.75 Å². The van der Waals surface area contributed by atoms with E-state index in [0.717, 1.165) is 18.6 Å². The number of hydrogen-bond acceptors (Lipinski definition) is 4. The molecule has 0 aromatic heterocycles. The van der Waals surface area contributed by atoms with E-state index < -0.39 is 6.10 Å². The van der Waals surface area contributed by atoms with Crippen LogP contribution in [0, 0.1) is 5.82 Å². The Balaban J connectivity index is 2.47. The SMILES string of the molecule is CCCC[C@@H](ON=C(C)C)C(=O)NC[C@@H](C)Oc1ccc(F)cc1. The van der Waals surface area contributed by atoms with Gasteiger partial charge in [-0.3, -0.25) is 4.79 Å². The first kappa shape index (κ1) is 19.9. The summed E-state index contributed by atoms with van der Waals surface area (Å²) in [6.45, 7) is 7.85. The van der Waals surface area contributed by atoms with Crippen molar-refractivity contribution in [3.63, 3.8) is 0 Å². The number of ether oxygens (including phenoxy) is 1. The number of benzene rings is 1. The van der Waals surface area contributed by atoms with E-state index in [1.807, 2.05) is 20.8 Å². The first-order valence-corrected chi connectivity index (χ1v) is 8.29. The molecular formula is C18H27FN2O3. The smallest absolute Gasteiger partial charge is 0.264 e. The summed E-state index contributed by atoms with van der Waals surface area (Å²) < 4.78 is 18.5. The van der Waals surface area contributed by atoms with Crippen LogP contribution < -0.4 is 10.1 Å². The van der Waals surface area contributed by atoms with Crippen LogP contribution in [0.2, 0.25) is 0 Å². The highest BCUT2D eigenvalue weighted by atomic mass is 19.1. The van der Waals surface area contributed by atoms with E-state index in [9.17, 15) is 9.18 Å². The monoisotopic (exact) mass is 338 g/mol. The topological polar surface area (TPSA) is 59.9 Å². The maximum absolute atomic E-state index is 12.9. The van der Waals surface area contributed by atoms with E-state index >= 15 is 0 Å². The zero-order chi connectivity index (χ0) is 17.9. The molecule has 5 nitrogen and oxygen atoms in total. The standard InChI is InChI=1S/C18H27FN2O3/c1-5-6-7-17(24-21-13(2)3)18(22)20-12-14(4)23-16-10-8-15(19)9-11-16/h8-11,14,17H,5-7,12H2,1-4H3,(H,20,22)/t14-,17-/m1/s1. The number of rotatable bonds is 10. The molecule has 24 heavy (non-hydrogen) atoms. The maximum Gasteiger partial charge on any atom is 0.264 e. The largest absolute Gasteiger partial charge is 0.489 e. The number of unbranched alkanes of at least 4 members (excludes halogenated alkanes) is 1. The predicted molar refractivity (Wildman–Crippen MR) is 92.7 cm³/mol. The first-order chi connectivity index (χ1) is 11.4. The number of amides is 1. The van der Waals surface area contributed by atoms with Gasteiger partial charge in [0.1, 0.15) is 17.7 Å². The third-order valence-corrected chi connectivity index (χ3v) is 3.19. The number of oxime groups is 1. The Morgan fingerprint density at radius 3 is 2.54 bits per heavy atom. The van der Waals surface area contributed by atoms with E-state index in [0.29, 0.717) is 18.7 Å². The van der Waals surface area contributed by atoms with Gasteiger partial charge in [0, 0.05) is 0 Å². The van der Waals surface area contributed by atoms with Crippen LogP contribution in [0.3, 0.4) is 0 Å². The number of nitrogens with zero attached hydrogens (tertiary/aromatic N) is 1. The fraction of sp³-hybridized carbons (Fsp3) is 0.556. The summed E-state index contributed by atoms with van der Waals surface area (Å²) in [5.41, 5.74) is 0.761. The number of hydrogen-bond donors (Lipinski definition) is 1. The fourth-order valence-corrected chi connectivity index (χ4v) is 1.94. The first-order valence-electron chi connectivity index (χ1n) is 8.29. The van der Waals surface area contributed by atoms with Gasteiger partial charge in [-0.15, -0.1) is 0 Å². The van der Waals surface area contributed by atoms with Gasteiger partial charge in [-0.1, -0.05) is 18.5 Å². The van der Waals surface area contributed by atoms with Crippen LogP contribution in [0.4, 0.5) is 4.39 Å². The Morgan fingerprint density at radius 2 is 1.96 bits per heavy atom. The minimum Gasteiger partial charge on any atom is -0.489 e. The minimum absolute atomic E-state index is 0.206. The summed E-state index contributed by atoms with van der Waals surface area (Å²) in [4.78, 5) is 17.6. The molecule has 0 radical (unpaired) electrons. The Morgan fingerprint density at radius 1 is 1.29 bits per heavy atom. The van der Waals surface area contributed by atoms with Crippen LogP contribution in [-0.4, -0.2) is 30.4 Å². The number of halogens is 1. The summed E-state index contributed by atoms with van der Waals surface area (Å²) in [5.74, 6) is 0.0390. The van der Waals surface area contributed by atoms with Crippen molar-refractivity contribution in [1.82, 2.24) is 5.32 Å². The number of carbonyl (C=O) groups is 1. The van der Waals surface area contributed by atoms with E-state index in [-0.39, 0.29) is 17.8 Å². The van der Waals surface area contributed by atoms with Gasteiger partial charge < -0.3 is 14.9 Å². The van der Waals surface area contributed by atoms with Crippen molar-refractivity contribution in [1.29, 1.82) is 0 Å². The molecule has 0 fully saturated rings. The molecule has 6 heteroatoms. The molecule has 1 rings (SSSR count). The van der Waals surface area contributed by atoms with Crippen molar-refractivity contribution in [3.8, 4) is 5.75 Å². The number of carbonyl (C=O) groups excluding carboxylic acids is 1. The normalized spacial score (nSPS) is 12.9. The summed E-state index contributed by atoms with van der Waals surface area (Å²) in [6, 6.07) is 5.78. The van der Waals surface area contributed by atoms with Gasteiger partial charge in [0.05, 0.1) is 12.3 Å². The van der Waals surface area contributed by atoms with Gasteiger partial charge in [0.2, 0.25) is 6.10 Å². The van der Waals surface area contributed by atoms with Crippen LogP contribution >= 0.6 is 0 Å². The van der Waals surface area contributed by atoms with Gasteiger partial charge in [-0.25, -0.2) is 4.39 Å². The molecule has 0 saturated heterocycles. The second kappa shape index (κ2) is 10.6. The van der Waals surface area contributed by atoms with Gasteiger partial charge in [0.25, 0.3) is 5.91 Å². The predicted octanol–water partition coefficient (Wildman–Crippen LogP) is 3.68. The van der Waals surface area contributed by atoms with Crippen LogP contribution in [0.1, 0.15) is 47.0 Å². The minimum atomic E-state index is -0.599. The third kappa shape index (κ3) is 7.94. The average molecular weight is 338 g/mol. The lowest BCUT2D eigenvalue weighted by Gasteiger charge is -2.18. The second-order valence-electron chi connectivity index (χ2n) is 5.90. The molecule has 2 atom stereocenters. The molecule has 0 bridgehead atoms. The molecule has 0 saturated carbocycles. The van der Waals surface area contributed by atoms with Crippen LogP contribution in [-0.2, 0) is 9.63 Å². The van der Waals surface area contributed by atoms with Crippen molar-refractivity contribution in [2.75, 3.05) is 6.54 Å². The molecule has 0 heterocycles. The zero-order valence-electron chi connectivity index (χ0n) is 14.8. The molecular weight excluding hydrogens is 311 g/mol. The highest BCUT2D eigenvalue weighted by Crippen LogP contribution is 2.13. The molecule has 0 unspecified atom stereocenters. The van der Waals surface area contributed by atoms with E-state index in [1.54, 1.807) is 12.1 Å². The lowest BCUT2D eigenvalue weighted by molar-refractivity contribution is -0.133. The zero-order valence-corrected chi connectivity index (χ0v) is 14.8. The molecule has 0 aliphatic heterocycles. The van der Waals surface area contributed by atoms with Crippen molar-refractivity contribution in [2.24, 2.45) is 5.16 Å². The number of nitrogens with one attached hydrogen (secondary N) is 1. The molecule has 0 spiro atoms. The van der Waals surface area contributed by atoms with Crippen LogP contribution in [0.15, 0.2) is 29.4 Å². The van der Waals surface area contributed by atoms with Crippen molar-refractivity contribution >= 4 is 11.6 Å². The van der Waals surface area contributed by atoms with E-state index in [2.05, 4.69) is 17.4 Å².